The number of nitrogens with one attached hydrogen (secondary N) is 3. The van der Waals surface area contributed by atoms with Gasteiger partial charge in [0.05, 0.1) is 0 Å². The first-order valence-corrected chi connectivity index (χ1v) is 9.47. The van der Waals surface area contributed by atoms with E-state index in [1.54, 1.807) is 42.5 Å². The SMILES string of the molecule is C=CCOc1ccc(C(=O)NNC(=S)NC(=O)c2ccc(C(C)(C)C)cc2)cc1. The fourth-order valence-corrected chi connectivity index (χ4v) is 2.52. The monoisotopic (exact) mass is 411 g/mol. The summed E-state index contributed by atoms with van der Waals surface area (Å²) in [5.41, 5.74) is 6.99. The van der Waals surface area contributed by atoms with E-state index < -0.39 is 5.91 Å². The smallest absolute Gasteiger partial charge is 0.269 e. The third-order valence-electron chi connectivity index (χ3n) is 4.01. The fraction of sp³-hybridized carbons (Fsp3) is 0.227. The molecule has 0 aromatic heterocycles. The summed E-state index contributed by atoms with van der Waals surface area (Å²) in [5.74, 6) is -0.123. The van der Waals surface area contributed by atoms with Gasteiger partial charge in [-0.25, -0.2) is 0 Å². The van der Waals surface area contributed by atoms with Gasteiger partial charge in [-0.2, -0.15) is 0 Å². The van der Waals surface area contributed by atoms with Crippen molar-refractivity contribution in [1.82, 2.24) is 16.2 Å². The van der Waals surface area contributed by atoms with Crippen LogP contribution in [0.2, 0.25) is 0 Å². The number of amides is 2. The van der Waals surface area contributed by atoms with Gasteiger partial charge in [-0.3, -0.25) is 25.8 Å². The first-order valence-electron chi connectivity index (χ1n) is 9.06. The predicted molar refractivity (Wildman–Crippen MR) is 118 cm³/mol. The van der Waals surface area contributed by atoms with Gasteiger partial charge in [-0.05, 0) is 59.6 Å². The van der Waals surface area contributed by atoms with E-state index in [0.717, 1.165) is 5.56 Å². The molecular formula is C22H25N3O3S. The van der Waals surface area contributed by atoms with E-state index in [-0.39, 0.29) is 16.4 Å². The Hall–Kier alpha value is -3.19. The Morgan fingerprint density at radius 2 is 1.52 bits per heavy atom. The first kappa shape index (κ1) is 22.1. The van der Waals surface area contributed by atoms with Gasteiger partial charge >= 0.3 is 0 Å². The van der Waals surface area contributed by atoms with E-state index in [1.807, 2.05) is 12.1 Å². The molecule has 2 amide bonds. The van der Waals surface area contributed by atoms with Gasteiger partial charge in [0.25, 0.3) is 11.8 Å². The van der Waals surface area contributed by atoms with Crippen LogP contribution in [0.3, 0.4) is 0 Å². The zero-order valence-corrected chi connectivity index (χ0v) is 17.6. The molecule has 3 N–H and O–H groups in total. The number of thiocarbonyl (C=S) groups is 1. The number of ether oxygens (including phenoxy) is 1. The summed E-state index contributed by atoms with van der Waals surface area (Å²) >= 11 is 5.07. The van der Waals surface area contributed by atoms with Crippen LogP contribution in [0.5, 0.6) is 5.75 Å². The maximum absolute atomic E-state index is 12.3. The van der Waals surface area contributed by atoms with Crippen molar-refractivity contribution in [3.05, 3.63) is 77.9 Å². The second kappa shape index (κ2) is 9.84. The quantitative estimate of drug-likeness (QED) is 0.399. The third-order valence-corrected chi connectivity index (χ3v) is 4.22. The molecule has 0 unspecified atom stereocenters. The summed E-state index contributed by atoms with van der Waals surface area (Å²) < 4.78 is 5.37. The predicted octanol–water partition coefficient (Wildman–Crippen LogP) is 3.50. The van der Waals surface area contributed by atoms with Crippen molar-refractivity contribution in [2.24, 2.45) is 0 Å². The maximum Gasteiger partial charge on any atom is 0.269 e. The van der Waals surface area contributed by atoms with Gasteiger partial charge in [0.1, 0.15) is 12.4 Å². The molecule has 0 aliphatic carbocycles. The lowest BCUT2D eigenvalue weighted by Gasteiger charge is -2.19. The van der Waals surface area contributed by atoms with Crippen molar-refractivity contribution in [3.8, 4) is 5.75 Å². The van der Waals surface area contributed by atoms with Crippen LogP contribution in [0, 0.1) is 0 Å². The molecule has 0 bridgehead atoms. The van der Waals surface area contributed by atoms with Gasteiger partial charge in [-0.1, -0.05) is 45.6 Å². The molecule has 2 aromatic carbocycles. The molecule has 152 valence electrons. The normalized spacial score (nSPS) is 10.6. The Bertz CT molecular complexity index is 885. The first-order chi connectivity index (χ1) is 13.7. The molecule has 0 saturated heterocycles. The van der Waals surface area contributed by atoms with Gasteiger partial charge < -0.3 is 4.74 Å². The lowest BCUT2D eigenvalue weighted by molar-refractivity contribution is 0.0934. The van der Waals surface area contributed by atoms with E-state index in [1.165, 1.54) is 0 Å². The lowest BCUT2D eigenvalue weighted by Crippen LogP contribution is -2.48. The molecule has 0 heterocycles. The lowest BCUT2D eigenvalue weighted by atomic mass is 9.87. The highest BCUT2D eigenvalue weighted by Crippen LogP contribution is 2.22. The molecule has 0 radical (unpaired) electrons. The zero-order chi connectivity index (χ0) is 21.4. The molecular weight excluding hydrogens is 386 g/mol. The van der Waals surface area contributed by atoms with Crippen molar-refractivity contribution in [3.63, 3.8) is 0 Å². The second-order valence-electron chi connectivity index (χ2n) is 7.31. The van der Waals surface area contributed by atoms with Crippen LogP contribution in [0.25, 0.3) is 0 Å². The van der Waals surface area contributed by atoms with Gasteiger partial charge in [0.2, 0.25) is 0 Å². The Labute approximate surface area is 176 Å². The number of hydrazine groups is 1. The van der Waals surface area contributed by atoms with E-state index >= 15 is 0 Å². The summed E-state index contributed by atoms with van der Waals surface area (Å²) in [5, 5.41) is 2.53. The van der Waals surface area contributed by atoms with Crippen LogP contribution >= 0.6 is 12.2 Å². The van der Waals surface area contributed by atoms with Crippen molar-refractivity contribution in [1.29, 1.82) is 0 Å². The molecule has 6 nitrogen and oxygen atoms in total. The molecule has 0 spiro atoms. The molecule has 0 atom stereocenters. The summed E-state index contributed by atoms with van der Waals surface area (Å²) in [6.45, 7) is 10.3. The molecule has 7 heteroatoms. The van der Waals surface area contributed by atoms with Crippen LogP contribution in [0.15, 0.2) is 61.2 Å². The number of carbonyl (C=O) groups is 2. The molecule has 29 heavy (non-hydrogen) atoms. The van der Waals surface area contributed by atoms with Crippen LogP contribution < -0.4 is 20.9 Å². The highest BCUT2D eigenvalue weighted by atomic mass is 32.1. The zero-order valence-electron chi connectivity index (χ0n) is 16.7. The van der Waals surface area contributed by atoms with E-state index in [2.05, 4.69) is 43.5 Å². The van der Waals surface area contributed by atoms with Gasteiger partial charge in [0, 0.05) is 11.1 Å². The topological polar surface area (TPSA) is 79.5 Å². The summed E-state index contributed by atoms with van der Waals surface area (Å²) in [4.78, 5) is 24.4. The van der Waals surface area contributed by atoms with E-state index in [0.29, 0.717) is 23.5 Å². The van der Waals surface area contributed by atoms with E-state index in [9.17, 15) is 9.59 Å². The van der Waals surface area contributed by atoms with Crippen molar-refractivity contribution < 1.29 is 14.3 Å². The summed E-state index contributed by atoms with van der Waals surface area (Å²) in [6, 6.07) is 13.9. The van der Waals surface area contributed by atoms with E-state index in [4.69, 9.17) is 17.0 Å². The second-order valence-corrected chi connectivity index (χ2v) is 7.72. The van der Waals surface area contributed by atoms with Gasteiger partial charge in [0.15, 0.2) is 5.11 Å². The number of rotatable bonds is 5. The number of hydrogen-bond acceptors (Lipinski definition) is 4. The van der Waals surface area contributed by atoms with Crippen LogP contribution in [0.4, 0.5) is 0 Å². The minimum atomic E-state index is -0.397. The molecule has 0 saturated carbocycles. The summed E-state index contributed by atoms with van der Waals surface area (Å²) in [6.07, 6.45) is 1.64. The largest absolute Gasteiger partial charge is 0.490 e. The molecule has 0 aliphatic heterocycles. The molecule has 0 fully saturated rings. The highest BCUT2D eigenvalue weighted by molar-refractivity contribution is 7.80. The molecule has 0 aliphatic rings. The fourth-order valence-electron chi connectivity index (χ4n) is 2.37. The molecule has 2 rings (SSSR count). The highest BCUT2D eigenvalue weighted by Gasteiger charge is 2.15. The minimum absolute atomic E-state index is 0.00538. The van der Waals surface area contributed by atoms with Crippen molar-refractivity contribution >= 4 is 29.1 Å². The van der Waals surface area contributed by atoms with Crippen LogP contribution in [-0.4, -0.2) is 23.5 Å². The Kier molecular flexibility index (Phi) is 7.50. The summed E-state index contributed by atoms with van der Waals surface area (Å²) in [7, 11) is 0. The number of hydrogen-bond donors (Lipinski definition) is 3. The number of benzene rings is 2. The average Bonchev–Trinajstić information content (AvgIpc) is 2.70. The number of carbonyl (C=O) groups excluding carboxylic acids is 2. The molecule has 2 aromatic rings. The van der Waals surface area contributed by atoms with Crippen LogP contribution in [0.1, 0.15) is 47.1 Å². The third kappa shape index (κ3) is 6.73. The Morgan fingerprint density at radius 1 is 0.966 bits per heavy atom. The Morgan fingerprint density at radius 3 is 2.07 bits per heavy atom. The standard InChI is InChI=1S/C22H25N3O3S/c1-5-14-28-18-12-8-16(9-13-18)20(27)24-25-21(29)23-19(26)15-6-10-17(11-7-15)22(2,3)4/h5-13H,1,14H2,2-4H3,(H,24,27)(H2,23,25,26,29). The maximum atomic E-state index is 12.3. The van der Waals surface area contributed by atoms with Crippen LogP contribution in [-0.2, 0) is 5.41 Å². The van der Waals surface area contributed by atoms with Crippen molar-refractivity contribution in [2.45, 2.75) is 26.2 Å². The Balaban J connectivity index is 1.85. The van der Waals surface area contributed by atoms with Crippen molar-refractivity contribution in [2.75, 3.05) is 6.61 Å². The van der Waals surface area contributed by atoms with Gasteiger partial charge in [-0.15, -0.1) is 0 Å². The minimum Gasteiger partial charge on any atom is -0.490 e. The average molecular weight is 412 g/mol.